The number of rotatable bonds is 3. The molecule has 0 fully saturated rings. The van der Waals surface area contributed by atoms with Crippen LogP contribution in [0.3, 0.4) is 0 Å². The number of fused-ring (bicyclic) bond motifs is 2. The van der Waals surface area contributed by atoms with E-state index in [4.69, 9.17) is 14.6 Å². The standard InChI is InChI=1S/C21H15FN2O2/c22-16-7-8-17-18(11-16)24(12-14-4-2-1-3-5-14)23-21(17)15-6-9-19-20(10-15)26-13-25-19/h1-11H,12-13H2. The smallest absolute Gasteiger partial charge is 0.231 e. The predicted molar refractivity (Wildman–Crippen MR) is 96.8 cm³/mol. The second-order valence-corrected chi connectivity index (χ2v) is 6.22. The van der Waals surface area contributed by atoms with Crippen LogP contribution in [0.4, 0.5) is 4.39 Å². The average molecular weight is 346 g/mol. The molecule has 1 aliphatic rings. The average Bonchev–Trinajstić information content (AvgIpc) is 3.27. The zero-order valence-electron chi connectivity index (χ0n) is 13.9. The fourth-order valence-corrected chi connectivity index (χ4v) is 3.28. The lowest BCUT2D eigenvalue weighted by atomic mass is 10.1. The van der Waals surface area contributed by atoms with Crippen LogP contribution in [-0.4, -0.2) is 16.6 Å². The van der Waals surface area contributed by atoms with Gasteiger partial charge in [-0.05, 0) is 42.0 Å². The Balaban J connectivity index is 1.66. The number of benzene rings is 3. The molecule has 4 aromatic rings. The molecule has 0 N–H and O–H groups in total. The molecule has 4 nitrogen and oxygen atoms in total. The molecule has 26 heavy (non-hydrogen) atoms. The molecule has 0 unspecified atom stereocenters. The Bertz CT molecular complexity index is 1110. The number of hydrogen-bond acceptors (Lipinski definition) is 3. The van der Waals surface area contributed by atoms with E-state index < -0.39 is 0 Å². The Morgan fingerprint density at radius 2 is 1.77 bits per heavy atom. The molecule has 1 aromatic heterocycles. The van der Waals surface area contributed by atoms with E-state index in [2.05, 4.69) is 0 Å². The minimum absolute atomic E-state index is 0.229. The molecule has 5 heteroatoms. The summed E-state index contributed by atoms with van der Waals surface area (Å²) >= 11 is 0. The van der Waals surface area contributed by atoms with E-state index in [9.17, 15) is 4.39 Å². The van der Waals surface area contributed by atoms with Crippen molar-refractivity contribution in [3.8, 4) is 22.8 Å². The van der Waals surface area contributed by atoms with Gasteiger partial charge in [0.2, 0.25) is 6.79 Å². The lowest BCUT2D eigenvalue weighted by Gasteiger charge is -2.03. The topological polar surface area (TPSA) is 36.3 Å². The van der Waals surface area contributed by atoms with Crippen LogP contribution in [0.15, 0.2) is 66.7 Å². The van der Waals surface area contributed by atoms with Crippen LogP contribution in [-0.2, 0) is 6.54 Å². The molecule has 0 radical (unpaired) electrons. The third-order valence-corrected chi connectivity index (χ3v) is 4.53. The molecule has 0 spiro atoms. The third kappa shape index (κ3) is 2.49. The van der Waals surface area contributed by atoms with Gasteiger partial charge < -0.3 is 9.47 Å². The Morgan fingerprint density at radius 3 is 2.65 bits per heavy atom. The quantitative estimate of drug-likeness (QED) is 0.543. The monoisotopic (exact) mass is 346 g/mol. The summed E-state index contributed by atoms with van der Waals surface area (Å²) in [5.74, 6) is 1.16. The van der Waals surface area contributed by atoms with Crippen LogP contribution in [0.1, 0.15) is 5.56 Å². The molecule has 128 valence electrons. The second-order valence-electron chi connectivity index (χ2n) is 6.22. The molecule has 0 saturated heterocycles. The van der Waals surface area contributed by atoms with E-state index in [1.54, 1.807) is 6.07 Å². The Labute approximate surface area is 149 Å². The van der Waals surface area contributed by atoms with Gasteiger partial charge >= 0.3 is 0 Å². The van der Waals surface area contributed by atoms with Crippen LogP contribution < -0.4 is 9.47 Å². The van der Waals surface area contributed by atoms with Gasteiger partial charge in [-0.2, -0.15) is 5.10 Å². The molecule has 1 aliphatic heterocycles. The van der Waals surface area contributed by atoms with Crippen molar-refractivity contribution in [2.45, 2.75) is 6.54 Å². The van der Waals surface area contributed by atoms with Gasteiger partial charge in [-0.15, -0.1) is 0 Å². The summed E-state index contributed by atoms with van der Waals surface area (Å²) in [7, 11) is 0. The van der Waals surface area contributed by atoms with Crippen molar-refractivity contribution >= 4 is 10.9 Å². The van der Waals surface area contributed by atoms with E-state index in [1.165, 1.54) is 12.1 Å². The molecule has 0 atom stereocenters. The molecular formula is C21H15FN2O2. The fraction of sp³-hybridized carbons (Fsp3) is 0.0952. The predicted octanol–water partition coefficient (Wildman–Crippen LogP) is 4.62. The maximum atomic E-state index is 13.9. The second kappa shape index (κ2) is 5.88. The van der Waals surface area contributed by atoms with Gasteiger partial charge in [-0.1, -0.05) is 30.3 Å². The molecule has 2 heterocycles. The Kier molecular flexibility index (Phi) is 3.38. The normalized spacial score (nSPS) is 12.7. The Hall–Kier alpha value is -3.34. The number of hydrogen-bond donors (Lipinski definition) is 0. The maximum absolute atomic E-state index is 13.9. The highest BCUT2D eigenvalue weighted by atomic mass is 19.1. The molecule has 3 aromatic carbocycles. The van der Waals surface area contributed by atoms with Crippen LogP contribution >= 0.6 is 0 Å². The highest BCUT2D eigenvalue weighted by molar-refractivity contribution is 5.93. The van der Waals surface area contributed by atoms with E-state index >= 15 is 0 Å². The van der Waals surface area contributed by atoms with Gasteiger partial charge in [-0.3, -0.25) is 4.68 Å². The number of nitrogens with zero attached hydrogens (tertiary/aromatic N) is 2. The fourth-order valence-electron chi connectivity index (χ4n) is 3.28. The van der Waals surface area contributed by atoms with Crippen LogP contribution in [0, 0.1) is 5.82 Å². The lowest BCUT2D eigenvalue weighted by Crippen LogP contribution is -2.01. The number of halogens is 1. The minimum Gasteiger partial charge on any atom is -0.454 e. The third-order valence-electron chi connectivity index (χ3n) is 4.53. The van der Waals surface area contributed by atoms with Crippen molar-refractivity contribution in [1.29, 1.82) is 0 Å². The van der Waals surface area contributed by atoms with E-state index in [1.807, 2.05) is 53.2 Å². The number of ether oxygens (including phenoxy) is 2. The summed E-state index contributed by atoms with van der Waals surface area (Å²) in [6, 6.07) is 20.5. The lowest BCUT2D eigenvalue weighted by molar-refractivity contribution is 0.174. The summed E-state index contributed by atoms with van der Waals surface area (Å²) in [5.41, 5.74) is 3.59. The molecular weight excluding hydrogens is 331 g/mol. The van der Waals surface area contributed by atoms with Crippen molar-refractivity contribution in [1.82, 2.24) is 9.78 Å². The van der Waals surface area contributed by atoms with Crippen LogP contribution in [0.25, 0.3) is 22.2 Å². The molecule has 0 amide bonds. The first-order chi connectivity index (χ1) is 12.8. The van der Waals surface area contributed by atoms with E-state index in [-0.39, 0.29) is 12.6 Å². The summed E-state index contributed by atoms with van der Waals surface area (Å²) in [5, 5.41) is 5.68. The summed E-state index contributed by atoms with van der Waals surface area (Å²) in [6.07, 6.45) is 0. The van der Waals surface area contributed by atoms with E-state index in [0.717, 1.165) is 33.5 Å². The van der Waals surface area contributed by atoms with Gasteiger partial charge in [-0.25, -0.2) is 4.39 Å². The summed E-state index contributed by atoms with van der Waals surface area (Å²) in [4.78, 5) is 0. The highest BCUT2D eigenvalue weighted by Crippen LogP contribution is 2.37. The molecule has 5 rings (SSSR count). The van der Waals surface area contributed by atoms with Crippen molar-refractivity contribution < 1.29 is 13.9 Å². The zero-order chi connectivity index (χ0) is 17.5. The summed E-state index contributed by atoms with van der Waals surface area (Å²) in [6.45, 7) is 0.804. The highest BCUT2D eigenvalue weighted by Gasteiger charge is 2.18. The van der Waals surface area contributed by atoms with Gasteiger partial charge in [0.05, 0.1) is 12.1 Å². The number of aromatic nitrogens is 2. The van der Waals surface area contributed by atoms with Crippen molar-refractivity contribution in [3.05, 3.63) is 78.1 Å². The largest absolute Gasteiger partial charge is 0.454 e. The first kappa shape index (κ1) is 15.0. The molecule has 0 saturated carbocycles. The molecule has 0 aliphatic carbocycles. The maximum Gasteiger partial charge on any atom is 0.231 e. The first-order valence-electron chi connectivity index (χ1n) is 8.38. The van der Waals surface area contributed by atoms with Gasteiger partial charge in [0.1, 0.15) is 11.5 Å². The van der Waals surface area contributed by atoms with Crippen molar-refractivity contribution in [2.75, 3.05) is 6.79 Å². The zero-order valence-corrected chi connectivity index (χ0v) is 13.9. The SMILES string of the molecule is Fc1ccc2c(-c3ccc4c(c3)OCO4)nn(Cc3ccccc3)c2c1. The van der Waals surface area contributed by atoms with Crippen molar-refractivity contribution in [2.24, 2.45) is 0 Å². The van der Waals surface area contributed by atoms with Crippen LogP contribution in [0.2, 0.25) is 0 Å². The van der Waals surface area contributed by atoms with E-state index in [0.29, 0.717) is 12.3 Å². The first-order valence-corrected chi connectivity index (χ1v) is 8.38. The minimum atomic E-state index is -0.274. The summed E-state index contributed by atoms with van der Waals surface area (Å²) < 4.78 is 26.6. The Morgan fingerprint density at radius 1 is 0.923 bits per heavy atom. The van der Waals surface area contributed by atoms with Crippen LogP contribution in [0.5, 0.6) is 11.5 Å². The van der Waals surface area contributed by atoms with Gasteiger partial charge in [0, 0.05) is 10.9 Å². The van der Waals surface area contributed by atoms with Gasteiger partial charge in [0.25, 0.3) is 0 Å². The molecule has 0 bridgehead atoms. The van der Waals surface area contributed by atoms with Crippen molar-refractivity contribution in [3.63, 3.8) is 0 Å². The van der Waals surface area contributed by atoms with Gasteiger partial charge in [0.15, 0.2) is 11.5 Å².